The summed E-state index contributed by atoms with van der Waals surface area (Å²) in [7, 11) is 0. The van der Waals surface area contributed by atoms with Gasteiger partial charge in [0.25, 0.3) is 0 Å². The van der Waals surface area contributed by atoms with E-state index in [1.165, 1.54) is 0 Å². The first kappa shape index (κ1) is 12.0. The van der Waals surface area contributed by atoms with Crippen molar-refractivity contribution in [2.75, 3.05) is 11.9 Å². The van der Waals surface area contributed by atoms with Crippen molar-refractivity contribution in [3.05, 3.63) is 29.3 Å². The second kappa shape index (κ2) is 4.39. The van der Waals surface area contributed by atoms with Gasteiger partial charge in [0.05, 0.1) is 6.42 Å². The molecule has 0 spiro atoms. The summed E-state index contributed by atoms with van der Waals surface area (Å²) in [6.45, 7) is 0.815. The van der Waals surface area contributed by atoms with Crippen molar-refractivity contribution in [1.82, 2.24) is 0 Å². The van der Waals surface area contributed by atoms with Gasteiger partial charge in [0.2, 0.25) is 0 Å². The molecule has 1 aliphatic heterocycles. The van der Waals surface area contributed by atoms with Crippen LogP contribution in [0, 0.1) is 0 Å². The average molecular weight is 243 g/mol. The van der Waals surface area contributed by atoms with Gasteiger partial charge in [-0.15, -0.1) is 0 Å². The molecule has 0 amide bonds. The summed E-state index contributed by atoms with van der Waals surface area (Å²) in [5.74, 6) is -0.459. The predicted molar refractivity (Wildman–Crippen MR) is 58.3 cm³/mol. The summed E-state index contributed by atoms with van der Waals surface area (Å²) in [4.78, 5) is 11.6. The quantitative estimate of drug-likeness (QED) is 0.826. The first-order valence-electron chi connectivity index (χ1n) is 5.42. The van der Waals surface area contributed by atoms with E-state index in [0.29, 0.717) is 5.56 Å². The Morgan fingerprint density at radius 2 is 2.12 bits per heavy atom. The van der Waals surface area contributed by atoms with Gasteiger partial charge in [0.15, 0.2) is 5.78 Å². The van der Waals surface area contributed by atoms with Crippen molar-refractivity contribution >= 4 is 11.5 Å². The van der Waals surface area contributed by atoms with E-state index in [1.54, 1.807) is 18.2 Å². The Hall–Kier alpha value is -1.52. The molecule has 1 N–H and O–H groups in total. The number of benzene rings is 1. The van der Waals surface area contributed by atoms with Crippen LogP contribution >= 0.6 is 0 Å². The number of halogens is 3. The molecule has 92 valence electrons. The first-order valence-corrected chi connectivity index (χ1v) is 5.42. The summed E-state index contributed by atoms with van der Waals surface area (Å²) in [6.07, 6.45) is -4.92. The Kier molecular flexibility index (Phi) is 3.09. The van der Waals surface area contributed by atoms with Crippen LogP contribution in [0.5, 0.6) is 0 Å². The molecule has 1 aliphatic rings. The lowest BCUT2D eigenvalue weighted by Crippen LogP contribution is -2.11. The molecule has 0 fully saturated rings. The topological polar surface area (TPSA) is 29.1 Å². The van der Waals surface area contributed by atoms with Gasteiger partial charge < -0.3 is 5.32 Å². The Morgan fingerprint density at radius 1 is 1.35 bits per heavy atom. The maximum Gasteiger partial charge on any atom is 0.389 e. The van der Waals surface area contributed by atoms with E-state index in [-0.39, 0.29) is 0 Å². The molecule has 5 heteroatoms. The SMILES string of the molecule is O=C(CCC(F)(F)F)c1ccc2c(c1)NCC2. The standard InChI is InChI=1S/C12H12F3NO/c13-12(14,15)5-3-11(17)9-2-1-8-4-6-16-10(8)7-9/h1-2,7,16H,3-6H2. The smallest absolute Gasteiger partial charge is 0.384 e. The molecular weight excluding hydrogens is 231 g/mol. The number of nitrogens with one attached hydrogen (secondary N) is 1. The molecule has 0 aliphatic carbocycles. The van der Waals surface area contributed by atoms with E-state index >= 15 is 0 Å². The zero-order valence-corrected chi connectivity index (χ0v) is 9.10. The van der Waals surface area contributed by atoms with Crippen LogP contribution < -0.4 is 5.32 Å². The molecule has 0 unspecified atom stereocenters. The summed E-state index contributed by atoms with van der Waals surface area (Å²) in [6, 6.07) is 5.04. The maximum absolute atomic E-state index is 12.0. The van der Waals surface area contributed by atoms with Crippen molar-refractivity contribution < 1.29 is 18.0 Å². The lowest BCUT2D eigenvalue weighted by atomic mass is 10.0. The number of ketones is 1. The number of alkyl halides is 3. The molecule has 2 rings (SSSR count). The van der Waals surface area contributed by atoms with Crippen LogP contribution in [0.25, 0.3) is 0 Å². The highest BCUT2D eigenvalue weighted by molar-refractivity contribution is 5.97. The molecule has 0 atom stereocenters. The second-order valence-corrected chi connectivity index (χ2v) is 4.09. The molecule has 0 aromatic heterocycles. The lowest BCUT2D eigenvalue weighted by molar-refractivity contribution is -0.133. The fourth-order valence-electron chi connectivity index (χ4n) is 1.86. The summed E-state index contributed by atoms with van der Waals surface area (Å²) in [5.41, 5.74) is 2.32. The number of Topliss-reactive ketones (excluding diaryl/α,β-unsaturated/α-hetero) is 1. The minimum absolute atomic E-state index is 0.349. The Morgan fingerprint density at radius 3 is 2.82 bits per heavy atom. The van der Waals surface area contributed by atoms with Gasteiger partial charge in [-0.25, -0.2) is 0 Å². The minimum atomic E-state index is -4.27. The normalized spacial score (nSPS) is 14.3. The van der Waals surface area contributed by atoms with Crippen LogP contribution in [0.2, 0.25) is 0 Å². The highest BCUT2D eigenvalue weighted by Gasteiger charge is 2.28. The average Bonchev–Trinajstić information content (AvgIpc) is 2.71. The van der Waals surface area contributed by atoms with Crippen molar-refractivity contribution in [3.8, 4) is 0 Å². The number of rotatable bonds is 3. The molecule has 2 nitrogen and oxygen atoms in total. The van der Waals surface area contributed by atoms with Gasteiger partial charge in [-0.3, -0.25) is 4.79 Å². The third-order valence-electron chi connectivity index (χ3n) is 2.78. The van der Waals surface area contributed by atoms with Crippen molar-refractivity contribution in [2.45, 2.75) is 25.4 Å². The third-order valence-corrected chi connectivity index (χ3v) is 2.78. The largest absolute Gasteiger partial charge is 0.389 e. The highest BCUT2D eigenvalue weighted by Crippen LogP contribution is 2.26. The zero-order chi connectivity index (χ0) is 12.5. The Balaban J connectivity index is 2.05. The minimum Gasteiger partial charge on any atom is -0.384 e. The lowest BCUT2D eigenvalue weighted by Gasteiger charge is -2.06. The number of hydrogen-bond acceptors (Lipinski definition) is 2. The van der Waals surface area contributed by atoms with Gasteiger partial charge in [0, 0.05) is 24.2 Å². The van der Waals surface area contributed by atoms with Crippen LogP contribution in [0.1, 0.15) is 28.8 Å². The number of anilines is 1. The van der Waals surface area contributed by atoms with E-state index in [4.69, 9.17) is 0 Å². The van der Waals surface area contributed by atoms with Gasteiger partial charge >= 0.3 is 6.18 Å². The highest BCUT2D eigenvalue weighted by atomic mass is 19.4. The third kappa shape index (κ3) is 2.99. The Bertz CT molecular complexity index is 440. The molecule has 0 saturated carbocycles. The number of carbonyl (C=O) groups is 1. The zero-order valence-electron chi connectivity index (χ0n) is 9.10. The van der Waals surface area contributed by atoms with Crippen LogP contribution in [0.4, 0.5) is 18.9 Å². The number of hydrogen-bond donors (Lipinski definition) is 1. The van der Waals surface area contributed by atoms with E-state index in [2.05, 4.69) is 5.32 Å². The molecule has 1 aromatic rings. The van der Waals surface area contributed by atoms with Crippen LogP contribution in [-0.4, -0.2) is 18.5 Å². The van der Waals surface area contributed by atoms with E-state index in [9.17, 15) is 18.0 Å². The van der Waals surface area contributed by atoms with Gasteiger partial charge in [-0.1, -0.05) is 12.1 Å². The fourth-order valence-corrected chi connectivity index (χ4v) is 1.86. The fraction of sp³-hybridized carbons (Fsp3) is 0.417. The second-order valence-electron chi connectivity index (χ2n) is 4.09. The monoisotopic (exact) mass is 243 g/mol. The molecule has 1 aromatic carbocycles. The van der Waals surface area contributed by atoms with Gasteiger partial charge in [-0.05, 0) is 18.1 Å². The van der Waals surface area contributed by atoms with Crippen molar-refractivity contribution in [1.29, 1.82) is 0 Å². The molecule has 0 bridgehead atoms. The van der Waals surface area contributed by atoms with Crippen LogP contribution in [0.15, 0.2) is 18.2 Å². The Labute approximate surface area is 96.8 Å². The van der Waals surface area contributed by atoms with Gasteiger partial charge in [-0.2, -0.15) is 13.2 Å². The number of fused-ring (bicyclic) bond motifs is 1. The molecule has 0 saturated heterocycles. The summed E-state index contributed by atoms with van der Waals surface area (Å²) >= 11 is 0. The van der Waals surface area contributed by atoms with Crippen LogP contribution in [0.3, 0.4) is 0 Å². The van der Waals surface area contributed by atoms with E-state index in [0.717, 1.165) is 24.2 Å². The number of carbonyl (C=O) groups excluding carboxylic acids is 1. The first-order chi connectivity index (χ1) is 7.96. The summed E-state index contributed by atoms with van der Waals surface area (Å²) < 4.78 is 36.0. The van der Waals surface area contributed by atoms with E-state index < -0.39 is 24.8 Å². The van der Waals surface area contributed by atoms with E-state index in [1.807, 2.05) is 0 Å². The maximum atomic E-state index is 12.0. The molecule has 1 heterocycles. The molecule has 17 heavy (non-hydrogen) atoms. The van der Waals surface area contributed by atoms with Crippen LogP contribution in [-0.2, 0) is 6.42 Å². The summed E-state index contributed by atoms with van der Waals surface area (Å²) in [5, 5.41) is 3.09. The molecular formula is C12H12F3NO. The van der Waals surface area contributed by atoms with Crippen molar-refractivity contribution in [2.24, 2.45) is 0 Å². The predicted octanol–water partition coefficient (Wildman–Crippen LogP) is 3.18. The van der Waals surface area contributed by atoms with Gasteiger partial charge in [0.1, 0.15) is 0 Å². The van der Waals surface area contributed by atoms with Crippen molar-refractivity contribution in [3.63, 3.8) is 0 Å². The molecule has 0 radical (unpaired) electrons.